The maximum absolute atomic E-state index is 10.5. The van der Waals surface area contributed by atoms with Gasteiger partial charge in [-0.2, -0.15) is 4.37 Å². The predicted molar refractivity (Wildman–Crippen MR) is 54.2 cm³/mol. The maximum atomic E-state index is 10.5. The topological polar surface area (TPSA) is 56.0 Å². The van der Waals surface area contributed by atoms with E-state index in [1.165, 1.54) is 23.7 Å². The molecule has 0 amide bonds. The van der Waals surface area contributed by atoms with Gasteiger partial charge < -0.3 is 0 Å². The van der Waals surface area contributed by atoms with E-state index in [2.05, 4.69) is 4.37 Å². The summed E-state index contributed by atoms with van der Waals surface area (Å²) in [5.41, 5.74) is 1.65. The summed E-state index contributed by atoms with van der Waals surface area (Å²) in [5, 5.41) is 12.4. The van der Waals surface area contributed by atoms with Crippen molar-refractivity contribution in [2.75, 3.05) is 0 Å². The van der Waals surface area contributed by atoms with Crippen molar-refractivity contribution < 1.29 is 4.92 Å². The van der Waals surface area contributed by atoms with Crippen molar-refractivity contribution in [2.45, 2.75) is 0 Å². The molecular weight excluding hydrogens is 200 g/mol. The zero-order valence-corrected chi connectivity index (χ0v) is 7.90. The Morgan fingerprint density at radius 1 is 1.36 bits per heavy atom. The molecule has 0 saturated carbocycles. The highest BCUT2D eigenvalue weighted by molar-refractivity contribution is 7.03. The fraction of sp³-hybridized carbons (Fsp3) is 0. The van der Waals surface area contributed by atoms with Crippen LogP contribution in [0, 0.1) is 10.1 Å². The molecule has 0 radical (unpaired) electrons. The Kier molecular flexibility index (Phi) is 2.24. The summed E-state index contributed by atoms with van der Waals surface area (Å²) < 4.78 is 4.11. The van der Waals surface area contributed by atoms with Crippen LogP contribution >= 0.6 is 11.5 Å². The van der Waals surface area contributed by atoms with E-state index in [9.17, 15) is 10.1 Å². The second kappa shape index (κ2) is 3.55. The molecule has 0 bridgehead atoms. The third-order valence-corrected chi connectivity index (χ3v) is 2.35. The van der Waals surface area contributed by atoms with Crippen LogP contribution in [0.5, 0.6) is 0 Å². The Morgan fingerprint density at radius 2 is 2.21 bits per heavy atom. The minimum atomic E-state index is -0.407. The molecule has 0 saturated heterocycles. The van der Waals surface area contributed by atoms with Crippen LogP contribution in [-0.2, 0) is 0 Å². The van der Waals surface area contributed by atoms with Crippen LogP contribution in [0.1, 0.15) is 0 Å². The number of rotatable bonds is 2. The molecule has 2 rings (SSSR count). The fourth-order valence-electron chi connectivity index (χ4n) is 1.14. The number of hydrogen-bond donors (Lipinski definition) is 0. The van der Waals surface area contributed by atoms with Crippen molar-refractivity contribution >= 4 is 17.2 Å². The van der Waals surface area contributed by atoms with E-state index in [4.69, 9.17) is 0 Å². The molecule has 4 nitrogen and oxygen atoms in total. The Morgan fingerprint density at radius 3 is 2.86 bits per heavy atom. The first-order valence-electron chi connectivity index (χ1n) is 3.92. The molecule has 0 aliphatic carbocycles. The second-order valence-corrected chi connectivity index (χ2v) is 3.36. The van der Waals surface area contributed by atoms with E-state index in [1.54, 1.807) is 6.07 Å². The van der Waals surface area contributed by atoms with Gasteiger partial charge in [-0.15, -0.1) is 0 Å². The van der Waals surface area contributed by atoms with Crippen LogP contribution < -0.4 is 0 Å². The number of benzene rings is 1. The summed E-state index contributed by atoms with van der Waals surface area (Å²) in [7, 11) is 0. The number of aromatic nitrogens is 1. The van der Waals surface area contributed by atoms with Crippen molar-refractivity contribution in [1.29, 1.82) is 0 Å². The lowest BCUT2D eigenvalue weighted by Crippen LogP contribution is -1.87. The van der Waals surface area contributed by atoms with Gasteiger partial charge in [-0.3, -0.25) is 10.1 Å². The average Bonchev–Trinajstić information content (AvgIpc) is 2.71. The molecule has 0 atom stereocenters. The van der Waals surface area contributed by atoms with Crippen LogP contribution in [0.4, 0.5) is 5.69 Å². The fourth-order valence-corrected chi connectivity index (χ4v) is 1.67. The minimum Gasteiger partial charge on any atom is -0.258 e. The second-order valence-electron chi connectivity index (χ2n) is 2.69. The Labute approximate surface area is 84.1 Å². The van der Waals surface area contributed by atoms with Gasteiger partial charge in [-0.25, -0.2) is 0 Å². The number of nitro benzene ring substituents is 1. The van der Waals surface area contributed by atoms with Crippen LogP contribution in [0.3, 0.4) is 0 Å². The molecular formula is C9H6N2O2S. The van der Waals surface area contributed by atoms with E-state index in [1.807, 2.05) is 17.5 Å². The smallest absolute Gasteiger partial charge is 0.258 e. The number of non-ortho nitro benzene ring substituents is 1. The van der Waals surface area contributed by atoms with Gasteiger partial charge >= 0.3 is 0 Å². The number of nitro groups is 1. The van der Waals surface area contributed by atoms with Crippen LogP contribution in [0.2, 0.25) is 0 Å². The molecule has 0 aliphatic rings. The molecule has 0 aliphatic heterocycles. The summed E-state index contributed by atoms with van der Waals surface area (Å²) >= 11 is 1.33. The molecule has 5 heteroatoms. The molecule has 0 fully saturated rings. The van der Waals surface area contributed by atoms with Gasteiger partial charge in [0.2, 0.25) is 0 Å². The van der Waals surface area contributed by atoms with Gasteiger partial charge in [0.1, 0.15) is 0 Å². The van der Waals surface area contributed by atoms with Gasteiger partial charge in [0.05, 0.1) is 10.6 Å². The molecule has 1 aromatic carbocycles. The normalized spacial score (nSPS) is 10.0. The summed E-state index contributed by atoms with van der Waals surface area (Å²) in [6.45, 7) is 0. The monoisotopic (exact) mass is 206 g/mol. The Bertz CT molecular complexity index is 454. The Hall–Kier alpha value is -1.75. The highest BCUT2D eigenvalue weighted by Crippen LogP contribution is 2.22. The highest BCUT2D eigenvalue weighted by atomic mass is 32.1. The zero-order chi connectivity index (χ0) is 9.97. The molecule has 1 aromatic heterocycles. The predicted octanol–water partition coefficient (Wildman–Crippen LogP) is 2.72. The molecule has 1 heterocycles. The van der Waals surface area contributed by atoms with Gasteiger partial charge in [0.15, 0.2) is 0 Å². The summed E-state index contributed by atoms with van der Waals surface area (Å²) in [4.78, 5) is 10.1. The summed E-state index contributed by atoms with van der Waals surface area (Å²) in [6, 6.07) is 8.30. The Balaban J connectivity index is 2.46. The van der Waals surface area contributed by atoms with Crippen molar-refractivity contribution in [3.05, 3.63) is 45.8 Å². The first-order valence-corrected chi connectivity index (χ1v) is 4.76. The number of hydrogen-bond acceptors (Lipinski definition) is 4. The first-order chi connectivity index (χ1) is 6.77. The third kappa shape index (κ3) is 1.62. The molecule has 0 spiro atoms. The van der Waals surface area contributed by atoms with Crippen LogP contribution in [0.25, 0.3) is 11.3 Å². The first kappa shape index (κ1) is 8.83. The largest absolute Gasteiger partial charge is 0.270 e. The van der Waals surface area contributed by atoms with Gasteiger partial charge in [-0.05, 0) is 17.6 Å². The van der Waals surface area contributed by atoms with E-state index < -0.39 is 4.92 Å². The van der Waals surface area contributed by atoms with E-state index >= 15 is 0 Å². The number of nitrogens with zero attached hydrogens (tertiary/aromatic N) is 2. The van der Waals surface area contributed by atoms with Crippen LogP contribution in [-0.4, -0.2) is 9.30 Å². The molecule has 2 aromatic rings. The van der Waals surface area contributed by atoms with E-state index in [0.717, 1.165) is 11.3 Å². The third-order valence-electron chi connectivity index (χ3n) is 1.79. The van der Waals surface area contributed by atoms with Gasteiger partial charge in [0, 0.05) is 23.1 Å². The lowest BCUT2D eigenvalue weighted by molar-refractivity contribution is -0.384. The van der Waals surface area contributed by atoms with Gasteiger partial charge in [-0.1, -0.05) is 12.1 Å². The molecule has 70 valence electrons. The van der Waals surface area contributed by atoms with Crippen molar-refractivity contribution in [2.24, 2.45) is 0 Å². The van der Waals surface area contributed by atoms with Crippen LogP contribution in [0.15, 0.2) is 35.7 Å². The summed E-state index contributed by atoms with van der Waals surface area (Å²) in [5.74, 6) is 0. The summed E-state index contributed by atoms with van der Waals surface area (Å²) in [6.07, 6.45) is 0. The SMILES string of the molecule is O=[N+]([O-])c1cccc(-c2ccsn2)c1. The lowest BCUT2D eigenvalue weighted by Gasteiger charge is -1.95. The molecule has 0 unspecified atom stereocenters. The van der Waals surface area contributed by atoms with Crippen molar-refractivity contribution in [3.8, 4) is 11.3 Å². The lowest BCUT2D eigenvalue weighted by atomic mass is 10.1. The maximum Gasteiger partial charge on any atom is 0.270 e. The average molecular weight is 206 g/mol. The van der Waals surface area contributed by atoms with Crippen molar-refractivity contribution in [1.82, 2.24) is 4.37 Å². The van der Waals surface area contributed by atoms with Crippen molar-refractivity contribution in [3.63, 3.8) is 0 Å². The standard InChI is InChI=1S/C9H6N2O2S/c12-11(13)8-3-1-2-7(6-8)9-4-5-14-10-9/h1-6H. The minimum absolute atomic E-state index is 0.0931. The highest BCUT2D eigenvalue weighted by Gasteiger charge is 2.07. The quantitative estimate of drug-likeness (QED) is 0.560. The molecule has 14 heavy (non-hydrogen) atoms. The van der Waals surface area contributed by atoms with Gasteiger partial charge in [0.25, 0.3) is 5.69 Å². The molecule has 0 N–H and O–H groups in total. The zero-order valence-electron chi connectivity index (χ0n) is 7.08. The van der Waals surface area contributed by atoms with E-state index in [0.29, 0.717) is 0 Å². The van der Waals surface area contributed by atoms with E-state index in [-0.39, 0.29) is 5.69 Å².